The second-order valence-electron chi connectivity index (χ2n) is 3.52. The van der Waals surface area contributed by atoms with Crippen molar-refractivity contribution in [3.8, 4) is 0 Å². The highest BCUT2D eigenvalue weighted by molar-refractivity contribution is 6.80. The van der Waals surface area contributed by atoms with E-state index in [2.05, 4.69) is 6.58 Å². The van der Waals surface area contributed by atoms with Gasteiger partial charge in [0, 0.05) is 19.2 Å². The molecular weight excluding hydrogens is 216 g/mol. The van der Waals surface area contributed by atoms with Gasteiger partial charge in [0.05, 0.1) is 0 Å². The van der Waals surface area contributed by atoms with Crippen molar-refractivity contribution in [1.82, 2.24) is 0 Å². The molecule has 0 saturated carbocycles. The molecule has 0 radical (unpaired) electrons. The zero-order valence-corrected chi connectivity index (χ0v) is 10.9. The minimum atomic E-state index is -2.96. The molecule has 0 aromatic rings. The first-order chi connectivity index (χ1) is 6.39. The van der Waals surface area contributed by atoms with E-state index in [-0.39, 0.29) is 6.04 Å². The second kappa shape index (κ2) is 5.57. The zero-order valence-electron chi connectivity index (χ0n) is 8.95. The van der Waals surface area contributed by atoms with Crippen LogP contribution in [-0.4, -0.2) is 35.3 Å². The Labute approximate surface area is 87.0 Å². The lowest BCUT2D eigenvalue weighted by Gasteiger charge is -2.30. The molecule has 1 unspecified atom stereocenters. The molecule has 0 aromatic carbocycles. The molecule has 0 heterocycles. The van der Waals surface area contributed by atoms with Crippen LogP contribution in [0.5, 0.6) is 0 Å². The van der Waals surface area contributed by atoms with E-state index in [0.717, 1.165) is 0 Å². The fraction of sp³-hybridized carbons (Fsp3) is 0.625. The third kappa shape index (κ3) is 4.82. The molecule has 0 fully saturated rings. The molecule has 0 bridgehead atoms. The highest BCUT2D eigenvalue weighted by Gasteiger charge is 2.39. The van der Waals surface area contributed by atoms with E-state index in [1.165, 1.54) is 0 Å². The van der Waals surface area contributed by atoms with Crippen molar-refractivity contribution in [2.24, 2.45) is 0 Å². The van der Waals surface area contributed by atoms with Crippen LogP contribution in [-0.2, 0) is 13.3 Å². The molecule has 0 aliphatic rings. The molecule has 82 valence electrons. The first-order valence-corrected chi connectivity index (χ1v) is 9.50. The molecule has 0 aromatic heterocycles. The van der Waals surface area contributed by atoms with Gasteiger partial charge in [0.1, 0.15) is 6.29 Å². The third-order valence-electron chi connectivity index (χ3n) is 1.79. The number of carbonyl (C=O) groups is 1. The maximum absolute atomic E-state index is 10.4. The van der Waals surface area contributed by atoms with E-state index in [1.807, 2.05) is 13.1 Å². The van der Waals surface area contributed by atoms with Crippen LogP contribution in [0.3, 0.4) is 0 Å². The summed E-state index contributed by atoms with van der Waals surface area (Å²) in [5.41, 5.74) is 0. The summed E-state index contributed by atoms with van der Waals surface area (Å²) in [5.74, 6) is 0. The van der Waals surface area contributed by atoms with Crippen LogP contribution in [0.4, 0.5) is 0 Å². The van der Waals surface area contributed by atoms with Gasteiger partial charge in [-0.05, 0) is 13.1 Å². The Kier molecular flexibility index (Phi) is 5.46. The van der Waals surface area contributed by atoms with Crippen molar-refractivity contribution in [2.45, 2.75) is 25.2 Å². The van der Waals surface area contributed by atoms with Gasteiger partial charge in [-0.1, -0.05) is 6.08 Å². The summed E-state index contributed by atoms with van der Waals surface area (Å²) < 4.78 is 10.7. The molecule has 1 atom stereocenters. The Morgan fingerprint density at radius 1 is 1.43 bits per heavy atom. The largest absolute Gasteiger partial charge is 0.414 e. The van der Waals surface area contributed by atoms with Gasteiger partial charge in [-0.2, -0.15) is 0 Å². The van der Waals surface area contributed by atoms with Gasteiger partial charge in [-0.3, -0.25) is 0 Å². The molecular formula is C8H18O4Si2. The highest BCUT2D eigenvalue weighted by Crippen LogP contribution is 2.19. The van der Waals surface area contributed by atoms with Crippen molar-refractivity contribution in [3.05, 3.63) is 12.7 Å². The third-order valence-corrected chi connectivity index (χ3v) is 7.99. The van der Waals surface area contributed by atoms with Crippen LogP contribution < -0.4 is 0 Å². The van der Waals surface area contributed by atoms with Gasteiger partial charge < -0.3 is 18.1 Å². The number of carbonyl (C=O) groups excluding carboxylic acids is 1. The first kappa shape index (κ1) is 13.7. The summed E-state index contributed by atoms with van der Waals surface area (Å²) in [7, 11) is -3.69. The van der Waals surface area contributed by atoms with Gasteiger partial charge in [-0.25, -0.2) is 0 Å². The van der Waals surface area contributed by atoms with Crippen molar-refractivity contribution in [2.75, 3.05) is 7.11 Å². The number of rotatable bonds is 7. The van der Waals surface area contributed by atoms with Crippen LogP contribution in [0.15, 0.2) is 12.7 Å². The molecule has 0 rings (SSSR count). The molecule has 0 aliphatic heterocycles. The normalized spacial score (nSPS) is 16.0. The Hall–Kier alpha value is -0.276. The van der Waals surface area contributed by atoms with Gasteiger partial charge in [-0.15, -0.1) is 6.58 Å². The molecule has 1 N–H and O–H groups in total. The lowest BCUT2D eigenvalue weighted by atomic mass is 10.8. The van der Waals surface area contributed by atoms with Gasteiger partial charge in [0.2, 0.25) is 0 Å². The Morgan fingerprint density at radius 3 is 2.36 bits per heavy atom. The van der Waals surface area contributed by atoms with E-state index in [4.69, 9.17) is 8.54 Å². The molecule has 0 spiro atoms. The fourth-order valence-electron chi connectivity index (χ4n) is 1.02. The summed E-state index contributed by atoms with van der Waals surface area (Å²) in [6.07, 6.45) is 2.27. The van der Waals surface area contributed by atoms with Crippen LogP contribution in [0.25, 0.3) is 0 Å². The summed E-state index contributed by atoms with van der Waals surface area (Å²) in [6, 6.07) is 0.421. The molecule has 0 aliphatic carbocycles. The summed E-state index contributed by atoms with van der Waals surface area (Å²) in [4.78, 5) is 20.5. The number of aldehydes is 1. The molecule has 14 heavy (non-hydrogen) atoms. The van der Waals surface area contributed by atoms with Crippen molar-refractivity contribution in [1.29, 1.82) is 0 Å². The maximum atomic E-state index is 10.4. The Balaban J connectivity index is 4.49. The van der Waals surface area contributed by atoms with E-state index < -0.39 is 17.1 Å². The Bertz CT molecular complexity index is 196. The monoisotopic (exact) mass is 234 g/mol. The van der Waals surface area contributed by atoms with Gasteiger partial charge in [0.25, 0.3) is 0 Å². The number of hydrogen-bond acceptors (Lipinski definition) is 4. The average Bonchev–Trinajstić information content (AvgIpc) is 2.03. The predicted molar refractivity (Wildman–Crippen MR) is 59.4 cm³/mol. The van der Waals surface area contributed by atoms with E-state index in [1.54, 1.807) is 13.2 Å². The number of hydrogen-bond donors (Lipinski definition) is 1. The first-order valence-electron chi connectivity index (χ1n) is 4.41. The van der Waals surface area contributed by atoms with Crippen molar-refractivity contribution < 1.29 is 18.1 Å². The van der Waals surface area contributed by atoms with Crippen LogP contribution in [0, 0.1) is 0 Å². The van der Waals surface area contributed by atoms with E-state index in [9.17, 15) is 9.59 Å². The molecule has 6 heteroatoms. The molecule has 4 nitrogen and oxygen atoms in total. The second-order valence-corrected chi connectivity index (χ2v) is 10.2. The lowest BCUT2D eigenvalue weighted by molar-refractivity contribution is -0.106. The quantitative estimate of drug-likeness (QED) is 0.408. The number of allylic oxidation sites excluding steroid dienone is 1. The summed E-state index contributed by atoms with van der Waals surface area (Å²) in [5, 5.41) is 0. The van der Waals surface area contributed by atoms with Gasteiger partial charge >= 0.3 is 17.1 Å². The highest BCUT2D eigenvalue weighted by atomic mass is 28.5. The smallest absolute Gasteiger partial charge is 0.337 e. The lowest BCUT2D eigenvalue weighted by Crippen LogP contribution is -2.50. The van der Waals surface area contributed by atoms with E-state index >= 15 is 0 Å². The Morgan fingerprint density at radius 2 is 2.00 bits per heavy atom. The van der Waals surface area contributed by atoms with Crippen molar-refractivity contribution >= 4 is 23.4 Å². The topological polar surface area (TPSA) is 55.8 Å². The summed E-state index contributed by atoms with van der Waals surface area (Å²) in [6.45, 7) is 7.20. The maximum Gasteiger partial charge on any atom is 0.337 e. The predicted octanol–water partition coefficient (Wildman–Crippen LogP) is 1.17. The van der Waals surface area contributed by atoms with Crippen LogP contribution >= 0.6 is 0 Å². The SMILES string of the molecule is C=CC[Si](O)(CC=O)O[Si](C)(C)OC. The van der Waals surface area contributed by atoms with Crippen molar-refractivity contribution in [3.63, 3.8) is 0 Å². The summed E-state index contributed by atoms with van der Waals surface area (Å²) >= 11 is 0. The van der Waals surface area contributed by atoms with E-state index in [0.29, 0.717) is 12.3 Å². The minimum absolute atomic E-state index is 0.0683. The van der Waals surface area contributed by atoms with Gasteiger partial charge in [0.15, 0.2) is 0 Å². The minimum Gasteiger partial charge on any atom is -0.414 e. The van der Waals surface area contributed by atoms with Crippen LogP contribution in [0.1, 0.15) is 0 Å². The zero-order chi connectivity index (χ0) is 11.2. The van der Waals surface area contributed by atoms with Crippen LogP contribution in [0.2, 0.25) is 25.2 Å². The molecule has 0 amide bonds. The fourth-order valence-corrected chi connectivity index (χ4v) is 6.56. The standard InChI is InChI=1S/C8H18O4Si2/c1-5-7-14(10,8-6-9)12-13(3,4)11-2/h5-6,10H,1,7-8H2,2-4H3. The molecule has 0 saturated heterocycles. The average molecular weight is 234 g/mol.